The molecule has 0 spiro atoms. The number of hydrogen-bond donors (Lipinski definition) is 5. The number of fused-ring (bicyclic) bond motifs is 1. The summed E-state index contributed by atoms with van der Waals surface area (Å²) in [6.45, 7) is -0.592. The average Bonchev–Trinajstić information content (AvgIpc) is 2.90. The first-order valence-corrected chi connectivity index (χ1v) is 11.3. The Bertz CT molecular complexity index is 1500. The summed E-state index contributed by atoms with van der Waals surface area (Å²) in [5.41, 5.74) is 0.0933. The van der Waals surface area contributed by atoms with E-state index in [1.807, 2.05) is 0 Å². The van der Waals surface area contributed by atoms with Gasteiger partial charge < -0.3 is 48.9 Å². The predicted molar refractivity (Wildman–Crippen MR) is 135 cm³/mol. The van der Waals surface area contributed by atoms with Crippen LogP contribution in [0.1, 0.15) is 11.7 Å². The fraction of sp³-hybridized carbons (Fsp3) is 0.222. The van der Waals surface area contributed by atoms with E-state index in [0.29, 0.717) is 11.1 Å². The smallest absolute Gasteiger partial charge is 0.204 e. The van der Waals surface area contributed by atoms with Crippen molar-refractivity contribution in [2.24, 2.45) is 0 Å². The van der Waals surface area contributed by atoms with E-state index in [-0.39, 0.29) is 51.2 Å². The highest BCUT2D eigenvalue weighted by Crippen LogP contribution is 2.43. The van der Waals surface area contributed by atoms with E-state index in [9.17, 15) is 30.3 Å². The van der Waals surface area contributed by atoms with Gasteiger partial charge in [0.05, 0.1) is 27.9 Å². The van der Waals surface area contributed by atoms with Crippen LogP contribution in [0.3, 0.4) is 0 Å². The Labute approximate surface area is 216 Å². The van der Waals surface area contributed by atoms with Gasteiger partial charge in [0.1, 0.15) is 34.3 Å². The second-order valence-electron chi connectivity index (χ2n) is 8.24. The molecule has 1 heterocycles. The van der Waals surface area contributed by atoms with E-state index < -0.39 is 30.0 Å². The highest BCUT2D eigenvalue weighted by molar-refractivity contribution is 5.86. The lowest BCUT2D eigenvalue weighted by molar-refractivity contribution is -0.00173. The number of phenolic OH excluding ortho intramolecular Hbond substituents is 3. The summed E-state index contributed by atoms with van der Waals surface area (Å²) in [5.74, 6) is -0.268. The summed E-state index contributed by atoms with van der Waals surface area (Å²) in [5, 5.41) is 50.5. The predicted octanol–water partition coefficient (Wildman–Crippen LogP) is 3.08. The lowest BCUT2D eigenvalue weighted by atomic mass is 10.0. The standard InChI is InChI=1S/C27H26O11/c1-34-20-6-13(4-5-16(20)30)26(33)24(12-28)38-27-22(35-2)7-14(8-23(27)36-3)19-11-18(32)25-17(31)9-15(29)10-21(25)37-19/h4-11,24,26,28-31,33H,12H2,1-3H3/t24-,26-/m0/s1. The molecule has 0 amide bonds. The topological polar surface area (TPSA) is 168 Å². The Morgan fingerprint density at radius 2 is 1.50 bits per heavy atom. The Balaban J connectivity index is 1.75. The minimum absolute atomic E-state index is 0.0314. The third-order valence-corrected chi connectivity index (χ3v) is 5.89. The molecule has 0 aliphatic rings. The maximum Gasteiger partial charge on any atom is 0.204 e. The normalized spacial score (nSPS) is 12.7. The summed E-state index contributed by atoms with van der Waals surface area (Å²) in [6, 6.07) is 10.6. The highest BCUT2D eigenvalue weighted by Gasteiger charge is 2.27. The zero-order valence-corrected chi connectivity index (χ0v) is 20.7. The first-order chi connectivity index (χ1) is 18.2. The fourth-order valence-electron chi connectivity index (χ4n) is 3.98. The van der Waals surface area contributed by atoms with Crippen LogP contribution < -0.4 is 24.4 Å². The summed E-state index contributed by atoms with van der Waals surface area (Å²) in [7, 11) is 4.10. The van der Waals surface area contributed by atoms with Crippen LogP contribution in [0.5, 0.6) is 40.2 Å². The van der Waals surface area contributed by atoms with Crippen molar-refractivity contribution in [3.05, 3.63) is 64.3 Å². The van der Waals surface area contributed by atoms with Crippen LogP contribution in [0.2, 0.25) is 0 Å². The van der Waals surface area contributed by atoms with Crippen LogP contribution in [0.4, 0.5) is 0 Å². The molecule has 38 heavy (non-hydrogen) atoms. The van der Waals surface area contributed by atoms with E-state index in [2.05, 4.69) is 0 Å². The van der Waals surface area contributed by atoms with Crippen molar-refractivity contribution >= 4 is 11.0 Å². The van der Waals surface area contributed by atoms with E-state index in [0.717, 1.165) is 6.07 Å². The van der Waals surface area contributed by atoms with Crippen molar-refractivity contribution in [1.82, 2.24) is 0 Å². The molecule has 0 saturated carbocycles. The van der Waals surface area contributed by atoms with Crippen LogP contribution >= 0.6 is 0 Å². The van der Waals surface area contributed by atoms with Crippen LogP contribution in [0.15, 0.2) is 57.7 Å². The monoisotopic (exact) mass is 526 g/mol. The lowest BCUT2D eigenvalue weighted by Gasteiger charge is -2.25. The van der Waals surface area contributed by atoms with Crippen LogP contribution in [0.25, 0.3) is 22.3 Å². The van der Waals surface area contributed by atoms with Gasteiger partial charge >= 0.3 is 0 Å². The van der Waals surface area contributed by atoms with Crippen molar-refractivity contribution in [3.63, 3.8) is 0 Å². The molecular formula is C27H26O11. The Morgan fingerprint density at radius 3 is 2.11 bits per heavy atom. The number of aromatic hydroxyl groups is 3. The molecule has 0 aliphatic carbocycles. The van der Waals surface area contributed by atoms with Crippen molar-refractivity contribution < 1.29 is 48.9 Å². The van der Waals surface area contributed by atoms with Gasteiger partial charge in [-0.2, -0.15) is 0 Å². The number of benzene rings is 3. The van der Waals surface area contributed by atoms with Crippen molar-refractivity contribution in [3.8, 4) is 51.6 Å². The minimum atomic E-state index is -1.33. The van der Waals surface area contributed by atoms with Crippen molar-refractivity contribution in [1.29, 1.82) is 0 Å². The molecule has 4 rings (SSSR count). The van der Waals surface area contributed by atoms with Gasteiger partial charge in [0.25, 0.3) is 0 Å². The maximum absolute atomic E-state index is 12.7. The third-order valence-electron chi connectivity index (χ3n) is 5.89. The molecule has 0 fully saturated rings. The zero-order valence-electron chi connectivity index (χ0n) is 20.7. The summed E-state index contributed by atoms with van der Waals surface area (Å²) in [4.78, 5) is 12.7. The molecule has 0 saturated heterocycles. The molecule has 2 atom stereocenters. The molecule has 200 valence electrons. The molecule has 0 bridgehead atoms. The molecule has 3 aromatic carbocycles. The summed E-state index contributed by atoms with van der Waals surface area (Å²) >= 11 is 0. The van der Waals surface area contributed by atoms with Gasteiger partial charge in [-0.05, 0) is 29.8 Å². The van der Waals surface area contributed by atoms with Gasteiger partial charge in [0.2, 0.25) is 5.75 Å². The molecule has 1 aromatic heterocycles. The fourth-order valence-corrected chi connectivity index (χ4v) is 3.98. The minimum Gasteiger partial charge on any atom is -0.508 e. The Hall–Kier alpha value is -4.61. The van der Waals surface area contributed by atoms with Gasteiger partial charge in [0.15, 0.2) is 34.5 Å². The third kappa shape index (κ3) is 4.97. The van der Waals surface area contributed by atoms with Gasteiger partial charge in [0, 0.05) is 23.8 Å². The number of hydrogen-bond acceptors (Lipinski definition) is 11. The maximum atomic E-state index is 12.7. The first kappa shape index (κ1) is 26.5. The van der Waals surface area contributed by atoms with Crippen molar-refractivity contribution in [2.45, 2.75) is 12.2 Å². The number of aliphatic hydroxyl groups is 2. The molecule has 0 radical (unpaired) electrons. The molecule has 11 nitrogen and oxygen atoms in total. The zero-order chi connectivity index (χ0) is 27.6. The van der Waals surface area contributed by atoms with E-state index >= 15 is 0 Å². The van der Waals surface area contributed by atoms with Gasteiger partial charge in [-0.25, -0.2) is 0 Å². The molecular weight excluding hydrogens is 500 g/mol. The van der Waals surface area contributed by atoms with Gasteiger partial charge in [-0.1, -0.05) is 6.07 Å². The molecule has 0 unspecified atom stereocenters. The van der Waals surface area contributed by atoms with E-state index in [4.69, 9.17) is 23.4 Å². The highest BCUT2D eigenvalue weighted by atomic mass is 16.6. The van der Waals surface area contributed by atoms with E-state index in [1.165, 1.54) is 63.8 Å². The second-order valence-corrected chi connectivity index (χ2v) is 8.24. The number of methoxy groups -OCH3 is 3. The quantitative estimate of drug-likeness (QED) is 0.217. The van der Waals surface area contributed by atoms with Gasteiger partial charge in [-0.3, -0.25) is 4.79 Å². The molecule has 11 heteroatoms. The number of aliphatic hydroxyl groups excluding tert-OH is 2. The average molecular weight is 526 g/mol. The van der Waals surface area contributed by atoms with Crippen LogP contribution in [-0.2, 0) is 0 Å². The SMILES string of the molecule is COc1cc([C@H](O)[C@H](CO)Oc2c(OC)cc(-c3cc(=O)c4c(O)cc(O)cc4o3)cc2OC)ccc1O. The molecule has 4 aromatic rings. The van der Waals surface area contributed by atoms with E-state index in [1.54, 1.807) is 0 Å². The molecule has 0 aliphatic heterocycles. The number of ether oxygens (including phenoxy) is 4. The van der Waals surface area contributed by atoms with Crippen LogP contribution in [-0.4, -0.2) is 59.6 Å². The van der Waals surface area contributed by atoms with Crippen molar-refractivity contribution in [2.75, 3.05) is 27.9 Å². The Morgan fingerprint density at radius 1 is 0.842 bits per heavy atom. The number of phenols is 3. The number of rotatable bonds is 9. The Kier molecular flexibility index (Phi) is 7.51. The van der Waals surface area contributed by atoms with Crippen LogP contribution in [0, 0.1) is 0 Å². The largest absolute Gasteiger partial charge is 0.508 e. The second kappa shape index (κ2) is 10.8. The summed E-state index contributed by atoms with van der Waals surface area (Å²) < 4.78 is 27.7. The molecule has 5 N–H and O–H groups in total. The summed E-state index contributed by atoms with van der Waals surface area (Å²) in [6.07, 6.45) is -2.51. The van der Waals surface area contributed by atoms with Gasteiger partial charge in [-0.15, -0.1) is 0 Å². The first-order valence-electron chi connectivity index (χ1n) is 11.3. The lowest BCUT2D eigenvalue weighted by Crippen LogP contribution is -2.29.